The van der Waals surface area contributed by atoms with E-state index in [1.807, 2.05) is 40.6 Å². The lowest BCUT2D eigenvalue weighted by atomic mass is 10.2. The van der Waals surface area contributed by atoms with Gasteiger partial charge in [0.05, 0.1) is 16.9 Å². The molecule has 0 amide bonds. The van der Waals surface area contributed by atoms with Crippen LogP contribution in [0.1, 0.15) is 11.6 Å². The molecular weight excluding hydrogens is 324 g/mol. The lowest BCUT2D eigenvalue weighted by Crippen LogP contribution is -2.25. The van der Waals surface area contributed by atoms with Gasteiger partial charge in [-0.3, -0.25) is 9.36 Å². The van der Waals surface area contributed by atoms with Crippen molar-refractivity contribution in [2.24, 2.45) is 0 Å². The van der Waals surface area contributed by atoms with Gasteiger partial charge in [0.15, 0.2) is 5.16 Å². The minimum atomic E-state index is 0.0889. The number of thioether (sulfide) groups is 2. The molecule has 1 unspecified atom stereocenters. The summed E-state index contributed by atoms with van der Waals surface area (Å²) in [5.41, 5.74) is 2.17. The monoisotopic (exact) mass is 340 g/mol. The molecule has 0 N–H and O–H groups in total. The van der Waals surface area contributed by atoms with Gasteiger partial charge >= 0.3 is 0 Å². The van der Waals surface area contributed by atoms with Gasteiger partial charge < -0.3 is 0 Å². The maximum atomic E-state index is 12.8. The summed E-state index contributed by atoms with van der Waals surface area (Å²) in [5, 5.41) is 1.56. The van der Waals surface area contributed by atoms with Gasteiger partial charge in [0, 0.05) is 16.4 Å². The van der Waals surface area contributed by atoms with Gasteiger partial charge in [-0.2, -0.15) is 0 Å². The molecule has 1 aromatic heterocycles. The van der Waals surface area contributed by atoms with Crippen molar-refractivity contribution in [3.8, 4) is 0 Å². The molecule has 0 saturated carbocycles. The second kappa shape index (κ2) is 6.06. The van der Waals surface area contributed by atoms with Gasteiger partial charge in [0.25, 0.3) is 5.56 Å². The summed E-state index contributed by atoms with van der Waals surface area (Å²) < 4.78 is 1.89. The molecule has 0 bridgehead atoms. The van der Waals surface area contributed by atoms with E-state index in [1.54, 1.807) is 11.8 Å². The van der Waals surface area contributed by atoms with Gasteiger partial charge in [0.2, 0.25) is 0 Å². The van der Waals surface area contributed by atoms with Crippen LogP contribution in [0.2, 0.25) is 0 Å². The first-order valence-corrected chi connectivity index (χ1v) is 9.53. The number of aromatic nitrogens is 2. The predicted octanol–water partition coefficient (Wildman–Crippen LogP) is 4.14. The summed E-state index contributed by atoms with van der Waals surface area (Å²) >= 11 is 3.50. The molecule has 4 rings (SSSR count). The number of fused-ring (bicyclic) bond motifs is 2. The smallest absolute Gasteiger partial charge is 0.262 e. The van der Waals surface area contributed by atoms with Crippen molar-refractivity contribution in [3.05, 3.63) is 64.4 Å². The second-order valence-corrected chi connectivity index (χ2v) is 7.68. The zero-order valence-electron chi connectivity index (χ0n) is 12.7. The summed E-state index contributed by atoms with van der Waals surface area (Å²) in [5.74, 6) is 1.81. The molecule has 0 fully saturated rings. The molecule has 3 aromatic rings. The molecule has 1 aliphatic heterocycles. The molecule has 0 radical (unpaired) electrons. The maximum Gasteiger partial charge on any atom is 0.262 e. The van der Waals surface area contributed by atoms with Crippen molar-refractivity contribution >= 4 is 34.4 Å². The Morgan fingerprint density at radius 1 is 1.22 bits per heavy atom. The van der Waals surface area contributed by atoms with Crippen LogP contribution in [0.4, 0.5) is 0 Å². The van der Waals surface area contributed by atoms with E-state index in [1.165, 1.54) is 10.5 Å². The summed E-state index contributed by atoms with van der Waals surface area (Å²) in [7, 11) is 0. The van der Waals surface area contributed by atoms with E-state index in [-0.39, 0.29) is 11.6 Å². The van der Waals surface area contributed by atoms with Crippen molar-refractivity contribution in [1.29, 1.82) is 0 Å². The van der Waals surface area contributed by atoms with Gasteiger partial charge in [-0.1, -0.05) is 42.1 Å². The SMILES string of the molecule is Cc1ccccc1SCC1CSc2nc3ccccc3c(=O)n21. The Labute approximate surface area is 143 Å². The number of hydrogen-bond donors (Lipinski definition) is 0. The molecule has 0 aliphatic carbocycles. The van der Waals surface area contributed by atoms with Crippen molar-refractivity contribution in [3.63, 3.8) is 0 Å². The zero-order chi connectivity index (χ0) is 15.8. The van der Waals surface area contributed by atoms with Gasteiger partial charge in [0.1, 0.15) is 0 Å². The average molecular weight is 340 g/mol. The third-order valence-corrected chi connectivity index (χ3v) is 6.49. The third kappa shape index (κ3) is 2.68. The van der Waals surface area contributed by atoms with E-state index < -0.39 is 0 Å². The van der Waals surface area contributed by atoms with E-state index in [9.17, 15) is 4.79 Å². The Kier molecular flexibility index (Phi) is 3.91. The lowest BCUT2D eigenvalue weighted by molar-refractivity contribution is 0.558. The number of aryl methyl sites for hydroxylation is 1. The van der Waals surface area contributed by atoms with Crippen molar-refractivity contribution in [2.45, 2.75) is 23.0 Å². The summed E-state index contributed by atoms with van der Waals surface area (Å²) in [6.45, 7) is 2.13. The molecule has 1 aliphatic rings. The Bertz CT molecular complexity index is 936. The molecule has 23 heavy (non-hydrogen) atoms. The summed E-state index contributed by atoms with van der Waals surface area (Å²) in [4.78, 5) is 18.8. The van der Waals surface area contributed by atoms with E-state index in [0.29, 0.717) is 5.39 Å². The Morgan fingerprint density at radius 3 is 2.87 bits per heavy atom. The van der Waals surface area contributed by atoms with E-state index >= 15 is 0 Å². The molecule has 2 heterocycles. The molecule has 3 nitrogen and oxygen atoms in total. The number of rotatable bonds is 3. The molecule has 1 atom stereocenters. The van der Waals surface area contributed by atoms with Crippen LogP contribution in [0.5, 0.6) is 0 Å². The molecule has 0 spiro atoms. The topological polar surface area (TPSA) is 34.9 Å². The maximum absolute atomic E-state index is 12.8. The fourth-order valence-electron chi connectivity index (χ4n) is 2.82. The van der Waals surface area contributed by atoms with Crippen LogP contribution in [0.3, 0.4) is 0 Å². The minimum absolute atomic E-state index is 0.0889. The molecule has 0 saturated heterocycles. The number of hydrogen-bond acceptors (Lipinski definition) is 4. The largest absolute Gasteiger partial charge is 0.282 e. The highest BCUT2D eigenvalue weighted by Crippen LogP contribution is 2.35. The summed E-state index contributed by atoms with van der Waals surface area (Å²) in [6, 6.07) is 16.2. The zero-order valence-corrected chi connectivity index (χ0v) is 14.4. The fourth-order valence-corrected chi connectivity index (χ4v) is 5.22. The van der Waals surface area contributed by atoms with Crippen LogP contribution >= 0.6 is 23.5 Å². The van der Waals surface area contributed by atoms with Crippen molar-refractivity contribution < 1.29 is 0 Å². The number of para-hydroxylation sites is 1. The van der Waals surface area contributed by atoms with Gasteiger partial charge in [-0.15, -0.1) is 11.8 Å². The quantitative estimate of drug-likeness (QED) is 0.530. The first kappa shape index (κ1) is 14.8. The Morgan fingerprint density at radius 2 is 2.00 bits per heavy atom. The van der Waals surface area contributed by atoms with E-state index in [4.69, 9.17) is 0 Å². The Hall–Kier alpha value is -1.72. The standard InChI is InChI=1S/C18H16N2OS2/c1-12-6-2-5-9-16(12)22-10-13-11-23-18-19-15-8-4-3-7-14(15)17(21)20(13)18/h2-9,13H,10-11H2,1H3. The van der Waals surface area contributed by atoms with Crippen LogP contribution in [0, 0.1) is 6.92 Å². The van der Waals surface area contributed by atoms with Gasteiger partial charge in [-0.25, -0.2) is 4.98 Å². The Balaban J connectivity index is 1.66. The predicted molar refractivity (Wildman–Crippen MR) is 97.7 cm³/mol. The van der Waals surface area contributed by atoms with E-state index in [2.05, 4.69) is 36.2 Å². The highest BCUT2D eigenvalue weighted by molar-refractivity contribution is 8.00. The second-order valence-electron chi connectivity index (χ2n) is 5.63. The highest BCUT2D eigenvalue weighted by atomic mass is 32.2. The minimum Gasteiger partial charge on any atom is -0.282 e. The first-order valence-electron chi connectivity index (χ1n) is 7.56. The third-order valence-electron chi connectivity index (χ3n) is 4.07. The average Bonchev–Trinajstić information content (AvgIpc) is 2.98. The van der Waals surface area contributed by atoms with Crippen LogP contribution < -0.4 is 5.56 Å². The van der Waals surface area contributed by atoms with E-state index in [0.717, 1.165) is 22.2 Å². The first-order chi connectivity index (χ1) is 11.2. The molecule has 5 heteroatoms. The molecule has 2 aromatic carbocycles. The van der Waals surface area contributed by atoms with Gasteiger partial charge in [-0.05, 0) is 30.7 Å². The normalized spacial score (nSPS) is 16.7. The summed E-state index contributed by atoms with van der Waals surface area (Å²) in [6.07, 6.45) is 0. The number of benzene rings is 2. The van der Waals surface area contributed by atoms with Crippen LogP contribution in [0.25, 0.3) is 10.9 Å². The highest BCUT2D eigenvalue weighted by Gasteiger charge is 2.26. The van der Waals surface area contributed by atoms with Crippen LogP contribution in [-0.2, 0) is 0 Å². The van der Waals surface area contributed by atoms with Crippen LogP contribution in [-0.4, -0.2) is 21.1 Å². The van der Waals surface area contributed by atoms with Crippen molar-refractivity contribution in [1.82, 2.24) is 9.55 Å². The van der Waals surface area contributed by atoms with Crippen molar-refractivity contribution in [2.75, 3.05) is 11.5 Å². The fraction of sp³-hybridized carbons (Fsp3) is 0.222. The number of nitrogens with zero attached hydrogens (tertiary/aromatic N) is 2. The molecule has 116 valence electrons. The lowest BCUT2D eigenvalue weighted by Gasteiger charge is -2.14. The molecular formula is C18H16N2OS2. The van der Waals surface area contributed by atoms with Crippen LogP contribution in [0.15, 0.2) is 63.4 Å².